The van der Waals surface area contributed by atoms with Crippen molar-refractivity contribution in [2.75, 3.05) is 0 Å². The number of aliphatic hydroxyl groups is 1. The van der Waals surface area contributed by atoms with E-state index in [1.54, 1.807) is 0 Å². The van der Waals surface area contributed by atoms with E-state index in [2.05, 4.69) is 55.0 Å². The highest BCUT2D eigenvalue weighted by atomic mass is 16.3. The van der Waals surface area contributed by atoms with E-state index in [1.165, 1.54) is 63.4 Å². The molecule has 0 bridgehead atoms. The average Bonchev–Trinajstić information content (AvgIpc) is 2.69. The summed E-state index contributed by atoms with van der Waals surface area (Å²) in [7, 11) is 0. The molecule has 0 aromatic heterocycles. The van der Waals surface area contributed by atoms with Crippen LogP contribution >= 0.6 is 0 Å². The van der Waals surface area contributed by atoms with Gasteiger partial charge in [0.05, 0.1) is 6.10 Å². The Bertz CT molecular complexity index is 766. The van der Waals surface area contributed by atoms with Crippen molar-refractivity contribution in [2.24, 2.45) is 56.7 Å². The summed E-state index contributed by atoms with van der Waals surface area (Å²) < 4.78 is 0. The maximum absolute atomic E-state index is 10.9. The number of allylic oxidation sites excluding steroid dienone is 1. The van der Waals surface area contributed by atoms with E-state index in [0.29, 0.717) is 33.5 Å². The molecule has 5 rings (SSSR count). The molecule has 0 aliphatic heterocycles. The summed E-state index contributed by atoms with van der Waals surface area (Å²) in [6.45, 7) is 22.6. The van der Waals surface area contributed by atoms with Gasteiger partial charge < -0.3 is 5.11 Å². The van der Waals surface area contributed by atoms with E-state index < -0.39 is 0 Å². The third-order valence-corrected chi connectivity index (χ3v) is 13.6. The third kappa shape index (κ3) is 2.65. The second-order valence-corrected chi connectivity index (χ2v) is 14.7. The van der Waals surface area contributed by atoms with Gasteiger partial charge in [0.15, 0.2) is 0 Å². The molecule has 10 atom stereocenters. The molecule has 0 amide bonds. The van der Waals surface area contributed by atoms with Crippen LogP contribution in [0.1, 0.15) is 113 Å². The molecule has 31 heavy (non-hydrogen) atoms. The van der Waals surface area contributed by atoms with Gasteiger partial charge in [-0.2, -0.15) is 0 Å². The number of aliphatic hydroxyl groups excluding tert-OH is 1. The molecule has 1 nitrogen and oxygen atoms in total. The first-order valence-electron chi connectivity index (χ1n) is 13.7. The van der Waals surface area contributed by atoms with Crippen LogP contribution in [0, 0.1) is 56.7 Å². The maximum atomic E-state index is 10.9. The minimum absolute atomic E-state index is 0.0623. The normalized spacial score (nSPS) is 58.5. The molecule has 0 aromatic carbocycles. The molecule has 3 unspecified atom stereocenters. The molecular weight excluding hydrogens is 376 g/mol. The van der Waals surface area contributed by atoms with Gasteiger partial charge in [0.2, 0.25) is 0 Å². The zero-order chi connectivity index (χ0) is 22.6. The molecule has 0 radical (unpaired) electrons. The zero-order valence-electron chi connectivity index (χ0n) is 21.7. The summed E-state index contributed by atoms with van der Waals surface area (Å²) in [6.07, 6.45) is 13.2. The molecule has 0 saturated heterocycles. The molecular formula is C30H50O. The number of rotatable bonds is 0. The smallest absolute Gasteiger partial charge is 0.0594 e. The fourth-order valence-corrected chi connectivity index (χ4v) is 11.4. The monoisotopic (exact) mass is 426 g/mol. The highest BCUT2D eigenvalue weighted by molar-refractivity contribution is 5.21. The molecule has 5 aliphatic carbocycles. The van der Waals surface area contributed by atoms with Gasteiger partial charge in [-0.25, -0.2) is 0 Å². The van der Waals surface area contributed by atoms with Crippen molar-refractivity contribution in [3.8, 4) is 0 Å². The first-order chi connectivity index (χ1) is 14.3. The first-order valence-corrected chi connectivity index (χ1v) is 13.7. The van der Waals surface area contributed by atoms with Crippen molar-refractivity contribution >= 4 is 0 Å². The lowest BCUT2D eigenvalue weighted by atomic mass is 9.31. The predicted octanol–water partition coefficient (Wildman–Crippen LogP) is 8.02. The van der Waals surface area contributed by atoms with Gasteiger partial charge >= 0.3 is 0 Å². The largest absolute Gasteiger partial charge is 0.393 e. The SMILES string of the molecule is C=C1CC[C@]2(C)CC[C@]3(C)[C@H](CCC4[C@@]5(C)CCC(O)C(C)(C)C5CC[C@]43C)[C@H]2[C@@H]1C. The van der Waals surface area contributed by atoms with Gasteiger partial charge in [0, 0.05) is 0 Å². The van der Waals surface area contributed by atoms with Crippen molar-refractivity contribution in [3.05, 3.63) is 12.2 Å². The van der Waals surface area contributed by atoms with E-state index in [-0.39, 0.29) is 11.5 Å². The van der Waals surface area contributed by atoms with Crippen LogP contribution in [0.5, 0.6) is 0 Å². The zero-order valence-corrected chi connectivity index (χ0v) is 21.7. The Balaban J connectivity index is 1.54. The Kier molecular flexibility index (Phi) is 4.82. The topological polar surface area (TPSA) is 20.2 Å². The lowest BCUT2D eigenvalue weighted by Gasteiger charge is -2.73. The van der Waals surface area contributed by atoms with E-state index in [4.69, 9.17) is 0 Å². The number of hydrogen-bond acceptors (Lipinski definition) is 1. The first kappa shape index (κ1) is 22.5. The van der Waals surface area contributed by atoms with Gasteiger partial charge in [0.25, 0.3) is 0 Å². The molecule has 1 N–H and O–H groups in total. The van der Waals surface area contributed by atoms with Gasteiger partial charge in [-0.05, 0) is 121 Å². The van der Waals surface area contributed by atoms with Crippen LogP contribution in [-0.2, 0) is 0 Å². The standard InChI is InChI=1S/C30H50O/c1-19-11-14-27(5)17-18-29(7)21(25(27)20(19)2)9-10-23-28(6)15-13-24(31)26(3,4)22(28)12-16-30(23,29)8/h20-25,31H,1,9-18H2,2-8H3/t20-,21-,22?,23?,24?,25-,27-,28+,29-,30-/m1/s1. The fraction of sp³-hybridized carbons (Fsp3) is 0.933. The van der Waals surface area contributed by atoms with Gasteiger partial charge in [-0.1, -0.05) is 60.6 Å². The van der Waals surface area contributed by atoms with Crippen molar-refractivity contribution in [1.29, 1.82) is 0 Å². The van der Waals surface area contributed by atoms with Crippen LogP contribution in [-0.4, -0.2) is 11.2 Å². The molecule has 0 spiro atoms. The fourth-order valence-electron chi connectivity index (χ4n) is 11.4. The summed E-state index contributed by atoms with van der Waals surface area (Å²) in [4.78, 5) is 0. The highest BCUT2D eigenvalue weighted by Gasteiger charge is 2.69. The van der Waals surface area contributed by atoms with Crippen molar-refractivity contribution in [1.82, 2.24) is 0 Å². The predicted molar refractivity (Wildman–Crippen MR) is 131 cm³/mol. The Labute approximate surface area is 192 Å². The van der Waals surface area contributed by atoms with E-state index in [1.807, 2.05) is 0 Å². The van der Waals surface area contributed by atoms with Crippen LogP contribution in [0.25, 0.3) is 0 Å². The second-order valence-electron chi connectivity index (χ2n) is 14.7. The number of hydrogen-bond donors (Lipinski definition) is 1. The molecule has 1 heteroatoms. The highest BCUT2D eigenvalue weighted by Crippen LogP contribution is 2.76. The summed E-state index contributed by atoms with van der Waals surface area (Å²) in [5.41, 5.74) is 3.43. The maximum Gasteiger partial charge on any atom is 0.0594 e. The molecule has 5 aliphatic rings. The minimum Gasteiger partial charge on any atom is -0.393 e. The third-order valence-electron chi connectivity index (χ3n) is 13.6. The van der Waals surface area contributed by atoms with Gasteiger partial charge in [-0.15, -0.1) is 0 Å². The Morgan fingerprint density at radius 3 is 2.19 bits per heavy atom. The van der Waals surface area contributed by atoms with Crippen LogP contribution in [0.3, 0.4) is 0 Å². The molecule has 0 aromatic rings. The van der Waals surface area contributed by atoms with Crippen LogP contribution < -0.4 is 0 Å². The molecule has 5 fully saturated rings. The minimum atomic E-state index is -0.119. The average molecular weight is 427 g/mol. The van der Waals surface area contributed by atoms with Crippen LogP contribution in [0.2, 0.25) is 0 Å². The van der Waals surface area contributed by atoms with E-state index in [9.17, 15) is 5.11 Å². The molecule has 0 heterocycles. The lowest BCUT2D eigenvalue weighted by Crippen LogP contribution is -2.67. The van der Waals surface area contributed by atoms with Crippen molar-refractivity contribution in [3.63, 3.8) is 0 Å². The Hall–Kier alpha value is -0.300. The summed E-state index contributed by atoms with van der Waals surface area (Å²) in [6, 6.07) is 0. The van der Waals surface area contributed by atoms with Gasteiger partial charge in [0.1, 0.15) is 0 Å². The van der Waals surface area contributed by atoms with E-state index >= 15 is 0 Å². The second kappa shape index (κ2) is 6.64. The number of fused-ring (bicyclic) bond motifs is 7. The van der Waals surface area contributed by atoms with Crippen molar-refractivity contribution < 1.29 is 5.11 Å². The summed E-state index contributed by atoms with van der Waals surface area (Å²) >= 11 is 0. The lowest BCUT2D eigenvalue weighted by molar-refractivity contribution is -0.251. The summed E-state index contributed by atoms with van der Waals surface area (Å²) in [5.74, 6) is 3.88. The van der Waals surface area contributed by atoms with Crippen LogP contribution in [0.15, 0.2) is 12.2 Å². The van der Waals surface area contributed by atoms with Crippen LogP contribution in [0.4, 0.5) is 0 Å². The quantitative estimate of drug-likeness (QED) is 0.389. The Morgan fingerprint density at radius 2 is 1.48 bits per heavy atom. The van der Waals surface area contributed by atoms with E-state index in [0.717, 1.165) is 24.2 Å². The van der Waals surface area contributed by atoms with Crippen molar-refractivity contribution in [2.45, 2.75) is 119 Å². The molecule has 176 valence electrons. The molecule has 5 saturated carbocycles. The summed E-state index contributed by atoms with van der Waals surface area (Å²) in [5, 5.41) is 10.9. The van der Waals surface area contributed by atoms with Gasteiger partial charge in [-0.3, -0.25) is 0 Å². The Morgan fingerprint density at radius 1 is 0.774 bits per heavy atom.